The van der Waals surface area contributed by atoms with Gasteiger partial charge in [0.05, 0.1) is 12.3 Å². The van der Waals surface area contributed by atoms with E-state index in [2.05, 4.69) is 20.2 Å². The number of ether oxygens (including phenoxy) is 1. The van der Waals surface area contributed by atoms with Crippen LogP contribution in [0.2, 0.25) is 0 Å². The van der Waals surface area contributed by atoms with Crippen LogP contribution in [-0.2, 0) is 9.53 Å². The standard InChI is InChI=1S/C16H18N4O2/c1-20-8-9-22-14(11-20)16(21)19-15-6-5-12(10-18-15)13-4-2-3-7-17-13/h2-7,10,14H,8-9,11H2,1H3,(H,18,19,21). The second kappa shape index (κ2) is 6.64. The number of morpholine rings is 1. The Morgan fingerprint density at radius 1 is 1.32 bits per heavy atom. The number of nitrogens with zero attached hydrogens (tertiary/aromatic N) is 3. The zero-order valence-corrected chi connectivity index (χ0v) is 12.4. The average Bonchev–Trinajstić information content (AvgIpc) is 2.56. The Kier molecular flexibility index (Phi) is 4.41. The summed E-state index contributed by atoms with van der Waals surface area (Å²) < 4.78 is 5.48. The highest BCUT2D eigenvalue weighted by Crippen LogP contribution is 2.17. The van der Waals surface area contributed by atoms with Gasteiger partial charge in [-0.2, -0.15) is 0 Å². The van der Waals surface area contributed by atoms with Gasteiger partial charge in [0, 0.05) is 31.0 Å². The molecule has 1 saturated heterocycles. The summed E-state index contributed by atoms with van der Waals surface area (Å²) in [7, 11) is 1.97. The Morgan fingerprint density at radius 3 is 2.91 bits per heavy atom. The molecule has 1 unspecified atom stereocenters. The van der Waals surface area contributed by atoms with Crippen molar-refractivity contribution in [1.82, 2.24) is 14.9 Å². The van der Waals surface area contributed by atoms with Crippen LogP contribution in [-0.4, -0.2) is 53.6 Å². The van der Waals surface area contributed by atoms with Crippen molar-refractivity contribution in [2.45, 2.75) is 6.10 Å². The number of aromatic nitrogens is 2. The molecular weight excluding hydrogens is 280 g/mol. The molecule has 1 amide bonds. The molecule has 3 heterocycles. The molecule has 3 rings (SSSR count). The largest absolute Gasteiger partial charge is 0.366 e. The SMILES string of the molecule is CN1CCOC(C(=O)Nc2ccc(-c3ccccn3)cn2)C1. The third kappa shape index (κ3) is 3.47. The summed E-state index contributed by atoms with van der Waals surface area (Å²) in [5.74, 6) is 0.353. The fraction of sp³-hybridized carbons (Fsp3) is 0.312. The lowest BCUT2D eigenvalue weighted by Crippen LogP contribution is -2.46. The van der Waals surface area contributed by atoms with Crippen LogP contribution in [0.4, 0.5) is 5.82 Å². The van der Waals surface area contributed by atoms with E-state index in [1.54, 1.807) is 18.5 Å². The van der Waals surface area contributed by atoms with Crippen LogP contribution in [0, 0.1) is 0 Å². The summed E-state index contributed by atoms with van der Waals surface area (Å²) in [4.78, 5) is 22.8. The van der Waals surface area contributed by atoms with Gasteiger partial charge >= 0.3 is 0 Å². The van der Waals surface area contributed by atoms with Gasteiger partial charge in [-0.1, -0.05) is 6.07 Å². The molecular formula is C16H18N4O2. The molecule has 22 heavy (non-hydrogen) atoms. The number of anilines is 1. The van der Waals surface area contributed by atoms with E-state index in [0.29, 0.717) is 19.0 Å². The topological polar surface area (TPSA) is 67.3 Å². The summed E-state index contributed by atoms with van der Waals surface area (Å²) in [6.45, 7) is 2.01. The molecule has 2 aromatic rings. The Bertz CT molecular complexity index is 630. The van der Waals surface area contributed by atoms with E-state index in [1.165, 1.54) is 0 Å². The van der Waals surface area contributed by atoms with Crippen molar-refractivity contribution >= 4 is 11.7 Å². The molecule has 1 fully saturated rings. The highest BCUT2D eigenvalue weighted by Gasteiger charge is 2.24. The van der Waals surface area contributed by atoms with Gasteiger partial charge in [-0.05, 0) is 31.3 Å². The molecule has 1 aliphatic rings. The Labute approximate surface area is 129 Å². The van der Waals surface area contributed by atoms with E-state index in [0.717, 1.165) is 17.8 Å². The molecule has 0 saturated carbocycles. The fourth-order valence-corrected chi connectivity index (χ4v) is 2.30. The third-order valence-corrected chi connectivity index (χ3v) is 3.54. The predicted molar refractivity (Wildman–Crippen MR) is 83.3 cm³/mol. The summed E-state index contributed by atoms with van der Waals surface area (Å²) in [6.07, 6.45) is 2.99. The average molecular weight is 298 g/mol. The first kappa shape index (κ1) is 14.6. The van der Waals surface area contributed by atoms with Crippen LogP contribution in [0.25, 0.3) is 11.3 Å². The van der Waals surface area contributed by atoms with Gasteiger partial charge in [0.25, 0.3) is 5.91 Å². The van der Waals surface area contributed by atoms with Crippen LogP contribution in [0.5, 0.6) is 0 Å². The lowest BCUT2D eigenvalue weighted by Gasteiger charge is -2.28. The summed E-state index contributed by atoms with van der Waals surface area (Å²) in [5, 5.41) is 2.79. The summed E-state index contributed by atoms with van der Waals surface area (Å²) >= 11 is 0. The van der Waals surface area contributed by atoms with E-state index in [4.69, 9.17) is 4.74 Å². The fourth-order valence-electron chi connectivity index (χ4n) is 2.30. The number of rotatable bonds is 3. The molecule has 0 spiro atoms. The molecule has 114 valence electrons. The minimum absolute atomic E-state index is 0.162. The molecule has 0 aromatic carbocycles. The number of hydrogen-bond donors (Lipinski definition) is 1. The number of carbonyl (C=O) groups excluding carboxylic acids is 1. The zero-order chi connectivity index (χ0) is 15.4. The van der Waals surface area contributed by atoms with Gasteiger partial charge in [0.1, 0.15) is 11.9 Å². The number of nitrogens with one attached hydrogen (secondary N) is 1. The van der Waals surface area contributed by atoms with Crippen molar-refractivity contribution in [1.29, 1.82) is 0 Å². The Hall–Kier alpha value is -2.31. The second-order valence-electron chi connectivity index (χ2n) is 5.26. The maximum absolute atomic E-state index is 12.2. The van der Waals surface area contributed by atoms with Crippen LogP contribution < -0.4 is 5.32 Å². The maximum atomic E-state index is 12.2. The van der Waals surface area contributed by atoms with E-state index >= 15 is 0 Å². The summed E-state index contributed by atoms with van der Waals surface area (Å²) in [6, 6.07) is 9.37. The molecule has 1 atom stereocenters. The lowest BCUT2D eigenvalue weighted by atomic mass is 10.2. The Balaban J connectivity index is 1.65. The minimum Gasteiger partial charge on any atom is -0.366 e. The van der Waals surface area contributed by atoms with E-state index < -0.39 is 6.10 Å². The molecule has 1 N–H and O–H groups in total. The van der Waals surface area contributed by atoms with Gasteiger partial charge in [0.15, 0.2) is 0 Å². The molecule has 2 aromatic heterocycles. The number of hydrogen-bond acceptors (Lipinski definition) is 5. The van der Waals surface area contributed by atoms with Gasteiger partial charge in [-0.25, -0.2) is 4.98 Å². The first-order chi connectivity index (χ1) is 10.7. The van der Waals surface area contributed by atoms with Crippen LogP contribution in [0.3, 0.4) is 0 Å². The minimum atomic E-state index is -0.448. The van der Waals surface area contributed by atoms with Crippen molar-refractivity contribution < 1.29 is 9.53 Å². The van der Waals surface area contributed by atoms with E-state index in [9.17, 15) is 4.79 Å². The molecule has 6 nitrogen and oxygen atoms in total. The van der Waals surface area contributed by atoms with Crippen LogP contribution in [0.15, 0.2) is 42.7 Å². The van der Waals surface area contributed by atoms with Crippen molar-refractivity contribution in [3.05, 3.63) is 42.7 Å². The smallest absolute Gasteiger partial charge is 0.255 e. The molecule has 0 bridgehead atoms. The quantitative estimate of drug-likeness (QED) is 0.928. The van der Waals surface area contributed by atoms with Crippen LogP contribution >= 0.6 is 0 Å². The van der Waals surface area contributed by atoms with E-state index in [-0.39, 0.29) is 5.91 Å². The molecule has 0 radical (unpaired) electrons. The highest BCUT2D eigenvalue weighted by molar-refractivity contribution is 5.93. The van der Waals surface area contributed by atoms with Gasteiger partial charge in [0.2, 0.25) is 0 Å². The Morgan fingerprint density at radius 2 is 2.23 bits per heavy atom. The third-order valence-electron chi connectivity index (χ3n) is 3.54. The van der Waals surface area contributed by atoms with Gasteiger partial charge < -0.3 is 15.0 Å². The predicted octanol–water partition coefficient (Wildman–Crippen LogP) is 1.41. The molecule has 6 heteroatoms. The number of likely N-dealkylation sites (N-methyl/N-ethyl adjacent to an activating group) is 1. The zero-order valence-electron chi connectivity index (χ0n) is 12.4. The van der Waals surface area contributed by atoms with E-state index in [1.807, 2.05) is 31.3 Å². The van der Waals surface area contributed by atoms with Crippen molar-refractivity contribution in [3.63, 3.8) is 0 Å². The normalized spacial score (nSPS) is 18.9. The van der Waals surface area contributed by atoms with Gasteiger partial charge in [-0.15, -0.1) is 0 Å². The van der Waals surface area contributed by atoms with Crippen LogP contribution in [0.1, 0.15) is 0 Å². The lowest BCUT2D eigenvalue weighted by molar-refractivity contribution is -0.132. The maximum Gasteiger partial charge on any atom is 0.255 e. The monoisotopic (exact) mass is 298 g/mol. The highest BCUT2D eigenvalue weighted by atomic mass is 16.5. The van der Waals surface area contributed by atoms with Crippen molar-refractivity contribution in [2.24, 2.45) is 0 Å². The molecule has 0 aliphatic carbocycles. The first-order valence-electron chi connectivity index (χ1n) is 7.21. The number of pyridine rings is 2. The first-order valence-corrected chi connectivity index (χ1v) is 7.21. The number of carbonyl (C=O) groups is 1. The van der Waals surface area contributed by atoms with Gasteiger partial charge in [-0.3, -0.25) is 9.78 Å². The molecule has 1 aliphatic heterocycles. The van der Waals surface area contributed by atoms with Crippen molar-refractivity contribution in [2.75, 3.05) is 32.1 Å². The second-order valence-corrected chi connectivity index (χ2v) is 5.26. The number of amides is 1. The summed E-state index contributed by atoms with van der Waals surface area (Å²) in [5.41, 5.74) is 1.76. The van der Waals surface area contributed by atoms with Crippen molar-refractivity contribution in [3.8, 4) is 11.3 Å².